The molecule has 24 N–H and O–H groups in total. The second kappa shape index (κ2) is 50.3. The van der Waals surface area contributed by atoms with Crippen LogP contribution in [-0.4, -0.2) is 287 Å². The first kappa shape index (κ1) is 101. The summed E-state index contributed by atoms with van der Waals surface area (Å²) in [7, 11) is 0. The van der Waals surface area contributed by atoms with Gasteiger partial charge in [-0.25, -0.2) is 0 Å². The molecule has 46 heteroatoms. The third-order valence-electron chi connectivity index (χ3n) is 21.7. The number of H-pyrrole nitrogens is 2. The van der Waals surface area contributed by atoms with Crippen molar-refractivity contribution in [1.82, 2.24) is 93.8 Å². The number of amides is 17. The molecule has 128 heavy (non-hydrogen) atoms. The maximum absolute atomic E-state index is 15.5. The Bertz CT molecular complexity index is 4700. The maximum Gasteiger partial charge on any atom is 0.305 e. The van der Waals surface area contributed by atoms with Crippen molar-refractivity contribution in [2.45, 2.75) is 209 Å². The number of nitrogens with one attached hydrogen (secondary N) is 16. The first-order valence-electron chi connectivity index (χ1n) is 42.3. The monoisotopic (exact) mass is 1840 g/mol. The molecule has 698 valence electrons. The third-order valence-corrected chi connectivity index (χ3v) is 24.9. The van der Waals surface area contributed by atoms with E-state index in [1.54, 1.807) is 74.8 Å². The van der Waals surface area contributed by atoms with Crippen molar-refractivity contribution in [3.63, 3.8) is 0 Å². The number of guanidine groups is 1. The van der Waals surface area contributed by atoms with Crippen LogP contribution in [0.25, 0.3) is 21.8 Å². The number of hydrogen-bond donors (Lipinski definition) is 21. The van der Waals surface area contributed by atoms with Crippen LogP contribution in [-0.2, 0) is 104 Å². The number of nitrogens with zero attached hydrogens (tertiary/aromatic N) is 3. The molecular weight excluding hydrogens is 1730 g/mol. The van der Waals surface area contributed by atoms with Crippen molar-refractivity contribution in [2.75, 3.05) is 67.6 Å². The largest absolute Gasteiger partial charge is 0.481 e. The number of thioether (sulfide) groups is 3. The summed E-state index contributed by atoms with van der Waals surface area (Å²) in [6.45, 7) is 2.44. The summed E-state index contributed by atoms with van der Waals surface area (Å²) in [5.41, 5.74) is 19.1. The second-order valence-corrected chi connectivity index (χ2v) is 35.7. The van der Waals surface area contributed by atoms with E-state index in [1.807, 2.05) is 0 Å². The van der Waals surface area contributed by atoms with Gasteiger partial charge in [0.25, 0.3) is 0 Å². The molecule has 0 unspecified atom stereocenters. The van der Waals surface area contributed by atoms with Crippen molar-refractivity contribution in [1.29, 1.82) is 5.41 Å². The molecule has 17 amide bonds. The molecule has 1 aliphatic carbocycles. The molecule has 3 aliphatic heterocycles. The molecule has 11 atom stereocenters. The summed E-state index contributed by atoms with van der Waals surface area (Å²) in [5, 5.41) is 62.8. The topological polar surface area (TPSA) is 664 Å². The number of rotatable bonds is 22. The average molecular weight is 1840 g/mol. The van der Waals surface area contributed by atoms with E-state index in [0.717, 1.165) is 61.5 Å². The summed E-state index contributed by atoms with van der Waals surface area (Å²) >= 11 is 2.90. The smallest absolute Gasteiger partial charge is 0.305 e. The van der Waals surface area contributed by atoms with E-state index in [2.05, 4.69) is 79.1 Å². The lowest BCUT2D eigenvalue weighted by Crippen LogP contribution is -2.61. The Morgan fingerprint density at radius 2 is 0.969 bits per heavy atom. The summed E-state index contributed by atoms with van der Waals surface area (Å²) in [4.78, 5) is 281. The van der Waals surface area contributed by atoms with Gasteiger partial charge in [0.1, 0.15) is 66.5 Å². The molecule has 4 fully saturated rings. The number of aliphatic carboxylic acids is 2. The highest BCUT2D eigenvalue weighted by Gasteiger charge is 2.40. The Balaban J connectivity index is 1.22. The fourth-order valence-corrected chi connectivity index (χ4v) is 17.9. The Kier molecular flexibility index (Phi) is 39.8. The van der Waals surface area contributed by atoms with Crippen LogP contribution >= 0.6 is 35.3 Å². The van der Waals surface area contributed by atoms with Crippen molar-refractivity contribution >= 4 is 175 Å². The van der Waals surface area contributed by atoms with Gasteiger partial charge < -0.3 is 121 Å². The number of nitrogens with two attached hydrogens (primary N) is 3. The standard InChI is InChI=1S/C82H116N22O21S3/c1-44(2)30-56-75(119)94-55(20-22-69(111)112)74(118)99-60(34-70(113)114)79(123)101-63-40-128-29-25-68(110)104-42-102(41-103(43-104)67(109)24-28-127-39-62(91-45(3)105)80(124)95-54(19-21-64(83)106)73(117)97-59(78(122)96-56)33-48-36-89-52-17-10-8-15-50(48)52)66(108)23-27-126-38-61(71(84)115)100-76(120)57(31-46-12-5-4-6-13-46)92-65(107)37-90-72(116)53(18-11-26-87-82(85)86)93-77(121)58(98-81(63)125)32-47-35-88-51-16-9-7-14-49(47)51/h7-10,14-17,35-36,44,46,53-63,88-89H,4-6,11-13,18-34,37-43H2,1-3H3,(H2,83,106)(H2,84,115)(H,90,116)(H,91,105)(H,92,107)(H,93,121)(H,94,119)(H,95,124)(H,96,122)(H,97,117)(H,98,125)(H,99,118)(H,100,120)(H,101,123)(H,111,112)(H,113,114)(H4,85,86,87)/t53-,54-,55-,56-,57-,58-,59-,60-,61-,62-,63-/m0/s1. The maximum atomic E-state index is 15.5. The molecule has 4 aromatic rings. The van der Waals surface area contributed by atoms with Crippen molar-refractivity contribution in [3.8, 4) is 0 Å². The number of hydrogen-bond acceptors (Lipinski definition) is 23. The molecule has 8 rings (SSSR count). The highest BCUT2D eigenvalue weighted by molar-refractivity contribution is 7.99. The van der Waals surface area contributed by atoms with Crippen LogP contribution in [0, 0.1) is 17.2 Å². The van der Waals surface area contributed by atoms with Crippen LogP contribution in [0.1, 0.15) is 141 Å². The van der Waals surface area contributed by atoms with E-state index in [4.69, 9.17) is 22.6 Å². The number of carboxylic acid groups (broad SMARTS) is 2. The lowest BCUT2D eigenvalue weighted by molar-refractivity contribution is -0.158. The number of benzene rings is 2. The van der Waals surface area contributed by atoms with Crippen LogP contribution in [0.2, 0.25) is 0 Å². The Labute approximate surface area is 749 Å². The molecule has 3 saturated heterocycles. The average Bonchev–Trinajstić information content (AvgIpc) is 1.74. The Morgan fingerprint density at radius 3 is 1.48 bits per heavy atom. The second-order valence-electron chi connectivity index (χ2n) is 32.3. The van der Waals surface area contributed by atoms with E-state index < -0.39 is 255 Å². The van der Waals surface area contributed by atoms with Gasteiger partial charge in [-0.05, 0) is 73.6 Å². The first-order valence-corrected chi connectivity index (χ1v) is 45.8. The van der Waals surface area contributed by atoms with Crippen molar-refractivity contribution < 1.29 is 101 Å². The van der Waals surface area contributed by atoms with Crippen molar-refractivity contribution in [2.24, 2.45) is 29.0 Å². The molecule has 43 nitrogen and oxygen atoms in total. The van der Waals surface area contributed by atoms with Gasteiger partial charge in [-0.1, -0.05) is 82.3 Å². The van der Waals surface area contributed by atoms with E-state index >= 15 is 19.2 Å². The van der Waals surface area contributed by atoms with Gasteiger partial charge >= 0.3 is 11.9 Å². The van der Waals surface area contributed by atoms with E-state index in [1.165, 1.54) is 14.7 Å². The van der Waals surface area contributed by atoms with Gasteiger partial charge in [0, 0.05) is 127 Å². The number of fused-ring (bicyclic) bond motifs is 9. The fraction of sp³-hybridized carbons (Fsp3) is 0.561. The van der Waals surface area contributed by atoms with Gasteiger partial charge in [-0.2, -0.15) is 35.3 Å². The number of para-hydroxylation sites is 2. The Morgan fingerprint density at radius 1 is 0.508 bits per heavy atom. The number of aromatic amines is 2. The summed E-state index contributed by atoms with van der Waals surface area (Å²) in [6.07, 6.45) is 1.26. The summed E-state index contributed by atoms with van der Waals surface area (Å²) in [5.74, 6) is -21.7. The van der Waals surface area contributed by atoms with Crippen LogP contribution in [0.15, 0.2) is 60.9 Å². The molecule has 5 heterocycles. The zero-order valence-corrected chi connectivity index (χ0v) is 73.9. The van der Waals surface area contributed by atoms with Crippen LogP contribution in [0.5, 0.6) is 0 Å². The minimum absolute atomic E-state index is 0.0141. The summed E-state index contributed by atoms with van der Waals surface area (Å²) in [6, 6.07) is -4.68. The molecular formula is C82H116N22O21S3. The lowest BCUT2D eigenvalue weighted by Gasteiger charge is -2.42. The molecule has 2 aromatic carbocycles. The highest BCUT2D eigenvalue weighted by atomic mass is 32.2. The van der Waals surface area contributed by atoms with E-state index in [0.29, 0.717) is 45.8 Å². The minimum Gasteiger partial charge on any atom is -0.481 e. The van der Waals surface area contributed by atoms with Gasteiger partial charge in [-0.15, -0.1) is 0 Å². The lowest BCUT2D eigenvalue weighted by atomic mass is 9.84. The molecule has 2 aromatic heterocycles. The highest BCUT2D eigenvalue weighted by Crippen LogP contribution is 2.29. The van der Waals surface area contributed by atoms with Gasteiger partial charge in [0.2, 0.25) is 100 Å². The zero-order valence-electron chi connectivity index (χ0n) is 71.4. The molecule has 1 saturated carbocycles. The molecule has 0 spiro atoms. The molecule has 4 bridgehead atoms. The normalized spacial score (nSPS) is 24.2. The molecule has 0 radical (unpaired) electrons. The molecule has 4 aliphatic rings. The quantitative estimate of drug-likeness (QED) is 0.0212. The van der Waals surface area contributed by atoms with E-state index in [-0.39, 0.29) is 99.3 Å². The Hall–Kier alpha value is -12.2. The number of aromatic nitrogens is 2. The predicted octanol–water partition coefficient (Wildman–Crippen LogP) is -2.96. The van der Waals surface area contributed by atoms with Crippen molar-refractivity contribution in [3.05, 3.63) is 72.1 Å². The minimum atomic E-state index is -2.20. The number of primary amides is 2. The van der Waals surface area contributed by atoms with Gasteiger partial charge in [0.15, 0.2) is 5.96 Å². The van der Waals surface area contributed by atoms with E-state index in [9.17, 15) is 82.1 Å². The zero-order chi connectivity index (χ0) is 93.3. The van der Waals surface area contributed by atoms with Gasteiger partial charge in [-0.3, -0.25) is 96.5 Å². The van der Waals surface area contributed by atoms with Crippen LogP contribution < -0.4 is 86.3 Å². The number of carboxylic acids is 2. The fourth-order valence-electron chi connectivity index (χ4n) is 15.0. The third kappa shape index (κ3) is 32.6. The number of carbonyl (C=O) groups excluding carboxylic acids is 17. The van der Waals surface area contributed by atoms with Crippen LogP contribution in [0.3, 0.4) is 0 Å². The number of carbonyl (C=O) groups is 19. The SMILES string of the molecule is CC(=O)N[C@H]1CSCCC(=O)N2CN3CN(C2)C(=O)CCSC[C@H](NC(=O)[C@H](CC(=O)O)NC(=O)[C@H](CCC(=O)O)NC(=O)[C@H](CC(C)C)NC(=O)[C@H](Cc2c[nH]c4ccccc24)NC(=O)[C@H](CCC(N)=O)NC1=O)C(=O)N[C@@H](Cc1c[nH]c2ccccc12)C(=O)N[C@@H](CCCNC(=N)N)C(=O)NCC(=O)N[C@@H](CC1CCCCC1)C(=O)N[C@H](C(N)=O)CSCCC3=O. The summed E-state index contributed by atoms with van der Waals surface area (Å²) < 4.78 is 0. The van der Waals surface area contributed by atoms with Crippen LogP contribution in [0.4, 0.5) is 0 Å². The predicted molar refractivity (Wildman–Crippen MR) is 471 cm³/mol. The first-order chi connectivity index (χ1) is 61.0. The van der Waals surface area contributed by atoms with Gasteiger partial charge in [0.05, 0.1) is 33.0 Å².